The Morgan fingerprint density at radius 1 is 1.55 bits per heavy atom. The fourth-order valence-corrected chi connectivity index (χ4v) is 4.19. The predicted molar refractivity (Wildman–Crippen MR) is 86.7 cm³/mol. The lowest BCUT2D eigenvalue weighted by atomic mass is 10.2. The highest BCUT2D eigenvalue weighted by Gasteiger charge is 2.17. The minimum Gasteiger partial charge on any atom is -0.312 e. The summed E-state index contributed by atoms with van der Waals surface area (Å²) in [7, 11) is 0. The Kier molecular flexibility index (Phi) is 4.24. The number of rotatable bonds is 3. The number of anilines is 1. The topological polar surface area (TPSA) is 54.0 Å². The summed E-state index contributed by atoms with van der Waals surface area (Å²) in [5.41, 5.74) is 2.13. The third kappa shape index (κ3) is 3.13. The van der Waals surface area contributed by atoms with E-state index in [2.05, 4.69) is 15.6 Å². The molecule has 1 aliphatic rings. The summed E-state index contributed by atoms with van der Waals surface area (Å²) in [6.45, 7) is 3.03. The minimum absolute atomic E-state index is 0.0432. The van der Waals surface area contributed by atoms with Gasteiger partial charge in [0.05, 0.1) is 10.2 Å². The molecule has 1 fully saturated rings. The number of aromatic nitrogens is 1. The number of carbonyl (C=O) groups excluding carboxylic acids is 1. The number of aryl methyl sites for hydroxylation is 1. The summed E-state index contributed by atoms with van der Waals surface area (Å²) < 4.78 is 1.12. The molecule has 4 nitrogen and oxygen atoms in total. The maximum atomic E-state index is 12.0. The summed E-state index contributed by atoms with van der Waals surface area (Å²) in [6.07, 6.45) is 0.516. The van der Waals surface area contributed by atoms with Crippen LogP contribution in [0.3, 0.4) is 0 Å². The van der Waals surface area contributed by atoms with Crippen molar-refractivity contribution in [3.8, 4) is 0 Å². The van der Waals surface area contributed by atoms with Crippen LogP contribution in [0.25, 0.3) is 10.2 Å². The molecule has 1 saturated heterocycles. The van der Waals surface area contributed by atoms with Gasteiger partial charge in [0.1, 0.15) is 0 Å². The van der Waals surface area contributed by atoms with Crippen LogP contribution in [-0.2, 0) is 4.79 Å². The van der Waals surface area contributed by atoms with Crippen LogP contribution >= 0.6 is 23.1 Å². The maximum Gasteiger partial charge on any atom is 0.227 e. The third-order valence-electron chi connectivity index (χ3n) is 3.30. The predicted octanol–water partition coefficient (Wildman–Crippen LogP) is 2.64. The van der Waals surface area contributed by atoms with Crippen molar-refractivity contribution in [3.05, 3.63) is 23.8 Å². The molecule has 3 rings (SSSR count). The lowest BCUT2D eigenvalue weighted by molar-refractivity contribution is -0.116. The van der Waals surface area contributed by atoms with Crippen molar-refractivity contribution < 1.29 is 4.79 Å². The van der Waals surface area contributed by atoms with E-state index in [1.165, 1.54) is 11.3 Å². The molecule has 1 aromatic carbocycles. The van der Waals surface area contributed by atoms with Crippen LogP contribution in [0.5, 0.6) is 0 Å². The molecule has 1 atom stereocenters. The number of nitrogens with zero attached hydrogens (tertiary/aromatic N) is 1. The molecule has 1 unspecified atom stereocenters. The second-order valence-electron chi connectivity index (χ2n) is 4.92. The molecule has 106 valence electrons. The van der Waals surface area contributed by atoms with Crippen molar-refractivity contribution >= 4 is 44.4 Å². The molecule has 1 amide bonds. The molecule has 2 aromatic rings. The average Bonchev–Trinajstić information content (AvgIpc) is 2.83. The Morgan fingerprint density at radius 2 is 2.45 bits per heavy atom. The molecule has 0 bridgehead atoms. The van der Waals surface area contributed by atoms with E-state index in [-0.39, 0.29) is 11.9 Å². The first kappa shape index (κ1) is 13.9. The number of benzene rings is 1. The van der Waals surface area contributed by atoms with Crippen LogP contribution in [0, 0.1) is 6.92 Å². The molecule has 0 spiro atoms. The van der Waals surface area contributed by atoms with E-state index in [0.29, 0.717) is 11.6 Å². The zero-order valence-electron chi connectivity index (χ0n) is 11.3. The smallest absolute Gasteiger partial charge is 0.227 e. The van der Waals surface area contributed by atoms with Gasteiger partial charge in [-0.05, 0) is 18.6 Å². The van der Waals surface area contributed by atoms with Gasteiger partial charge in [0.25, 0.3) is 0 Å². The molecule has 20 heavy (non-hydrogen) atoms. The van der Waals surface area contributed by atoms with Crippen molar-refractivity contribution in [1.82, 2.24) is 10.3 Å². The number of para-hydroxylation sites is 1. The quantitative estimate of drug-likeness (QED) is 0.915. The number of hydrogen-bond donors (Lipinski definition) is 2. The van der Waals surface area contributed by atoms with Gasteiger partial charge in [-0.1, -0.05) is 23.5 Å². The van der Waals surface area contributed by atoms with E-state index in [9.17, 15) is 4.79 Å². The Balaban J connectivity index is 1.66. The van der Waals surface area contributed by atoms with Crippen LogP contribution < -0.4 is 10.6 Å². The van der Waals surface area contributed by atoms with Crippen molar-refractivity contribution in [1.29, 1.82) is 0 Å². The lowest BCUT2D eigenvalue weighted by Crippen LogP contribution is -2.39. The molecule has 2 N–H and O–H groups in total. The SMILES string of the molecule is Cc1cccc2sc(NC(=O)CC3CSCCN3)nc12. The van der Waals surface area contributed by atoms with E-state index in [4.69, 9.17) is 0 Å². The fourth-order valence-electron chi connectivity index (χ4n) is 2.28. The molecule has 0 saturated carbocycles. The summed E-state index contributed by atoms with van der Waals surface area (Å²) in [5.74, 6) is 2.18. The number of nitrogens with one attached hydrogen (secondary N) is 2. The summed E-state index contributed by atoms with van der Waals surface area (Å²) in [4.78, 5) is 16.6. The summed E-state index contributed by atoms with van der Waals surface area (Å²) in [5, 5.41) is 6.99. The van der Waals surface area contributed by atoms with E-state index >= 15 is 0 Å². The number of carbonyl (C=O) groups is 1. The average molecular weight is 307 g/mol. The van der Waals surface area contributed by atoms with E-state index in [1.807, 2.05) is 36.9 Å². The largest absolute Gasteiger partial charge is 0.312 e. The normalized spacial score (nSPS) is 19.1. The van der Waals surface area contributed by atoms with E-state index in [0.717, 1.165) is 33.8 Å². The molecular weight excluding hydrogens is 290 g/mol. The Labute approximate surface area is 126 Å². The van der Waals surface area contributed by atoms with Gasteiger partial charge in [0, 0.05) is 30.5 Å². The molecule has 6 heteroatoms. The lowest BCUT2D eigenvalue weighted by Gasteiger charge is -2.22. The van der Waals surface area contributed by atoms with Crippen LogP contribution in [0.2, 0.25) is 0 Å². The van der Waals surface area contributed by atoms with Gasteiger partial charge in [-0.2, -0.15) is 11.8 Å². The molecule has 1 aromatic heterocycles. The fraction of sp³-hybridized carbons (Fsp3) is 0.429. The van der Waals surface area contributed by atoms with E-state index < -0.39 is 0 Å². The third-order valence-corrected chi connectivity index (χ3v) is 5.36. The highest BCUT2D eigenvalue weighted by Crippen LogP contribution is 2.28. The molecule has 0 radical (unpaired) electrons. The first-order valence-electron chi connectivity index (χ1n) is 6.69. The molecule has 0 aliphatic carbocycles. The van der Waals surface area contributed by atoms with Crippen molar-refractivity contribution in [2.24, 2.45) is 0 Å². The molecule has 1 aliphatic heterocycles. The van der Waals surface area contributed by atoms with Gasteiger partial charge in [-0.3, -0.25) is 4.79 Å². The second-order valence-corrected chi connectivity index (χ2v) is 7.10. The molecular formula is C14H17N3OS2. The van der Waals surface area contributed by atoms with Crippen molar-refractivity contribution in [2.45, 2.75) is 19.4 Å². The minimum atomic E-state index is 0.0432. The Bertz CT molecular complexity index is 620. The first-order chi connectivity index (χ1) is 9.72. The van der Waals surface area contributed by atoms with Gasteiger partial charge >= 0.3 is 0 Å². The van der Waals surface area contributed by atoms with Crippen LogP contribution in [-0.4, -0.2) is 35.0 Å². The second kappa shape index (κ2) is 6.11. The molecule has 2 heterocycles. The number of fused-ring (bicyclic) bond motifs is 1. The van der Waals surface area contributed by atoms with Crippen molar-refractivity contribution in [2.75, 3.05) is 23.4 Å². The van der Waals surface area contributed by atoms with Crippen molar-refractivity contribution in [3.63, 3.8) is 0 Å². The first-order valence-corrected chi connectivity index (χ1v) is 8.66. The van der Waals surface area contributed by atoms with E-state index in [1.54, 1.807) is 0 Å². The summed E-state index contributed by atoms with van der Waals surface area (Å²) in [6, 6.07) is 6.38. The standard InChI is InChI=1S/C14H17N3OS2/c1-9-3-2-4-11-13(9)17-14(20-11)16-12(18)7-10-8-19-6-5-15-10/h2-4,10,15H,5-8H2,1H3,(H,16,17,18). The zero-order valence-corrected chi connectivity index (χ0v) is 12.9. The van der Waals surface area contributed by atoms with Gasteiger partial charge in [-0.25, -0.2) is 4.98 Å². The van der Waals surface area contributed by atoms with Gasteiger partial charge < -0.3 is 10.6 Å². The Hall–Kier alpha value is -1.11. The van der Waals surface area contributed by atoms with Gasteiger partial charge in [-0.15, -0.1) is 0 Å². The van der Waals surface area contributed by atoms with Gasteiger partial charge in [0.2, 0.25) is 5.91 Å². The number of amides is 1. The summed E-state index contributed by atoms with van der Waals surface area (Å²) >= 11 is 3.43. The highest BCUT2D eigenvalue weighted by atomic mass is 32.2. The number of thiazole rings is 1. The monoisotopic (exact) mass is 307 g/mol. The van der Waals surface area contributed by atoms with Crippen LogP contribution in [0.15, 0.2) is 18.2 Å². The number of thioether (sulfide) groups is 1. The highest BCUT2D eigenvalue weighted by molar-refractivity contribution is 7.99. The van der Waals surface area contributed by atoms with Crippen LogP contribution in [0.1, 0.15) is 12.0 Å². The van der Waals surface area contributed by atoms with Crippen LogP contribution in [0.4, 0.5) is 5.13 Å². The Morgan fingerprint density at radius 3 is 3.20 bits per heavy atom. The number of hydrogen-bond acceptors (Lipinski definition) is 5. The zero-order chi connectivity index (χ0) is 13.9. The van der Waals surface area contributed by atoms with Gasteiger partial charge in [0.15, 0.2) is 5.13 Å². The maximum absolute atomic E-state index is 12.0.